The minimum Gasteiger partial charge on any atom is -0.481 e. The third-order valence-corrected chi connectivity index (χ3v) is 4.45. The van der Waals surface area contributed by atoms with Crippen molar-refractivity contribution in [2.24, 2.45) is 5.92 Å². The van der Waals surface area contributed by atoms with Crippen LogP contribution in [0.1, 0.15) is 18.4 Å². The summed E-state index contributed by atoms with van der Waals surface area (Å²) in [5.74, 6) is -1.49. The van der Waals surface area contributed by atoms with Crippen molar-refractivity contribution in [1.29, 1.82) is 0 Å². The summed E-state index contributed by atoms with van der Waals surface area (Å²) >= 11 is 0. The fourth-order valence-electron chi connectivity index (χ4n) is 3.17. The van der Waals surface area contributed by atoms with Gasteiger partial charge in [0.1, 0.15) is 6.54 Å². The second-order valence-corrected chi connectivity index (χ2v) is 6.32. The molecule has 1 unspecified atom stereocenters. The number of anilines is 1. The Hall–Kier alpha value is -2.57. The van der Waals surface area contributed by atoms with Gasteiger partial charge in [-0.3, -0.25) is 9.59 Å². The van der Waals surface area contributed by atoms with Gasteiger partial charge in [0.2, 0.25) is 5.91 Å². The van der Waals surface area contributed by atoms with E-state index < -0.39 is 17.9 Å². The molecule has 2 heterocycles. The summed E-state index contributed by atoms with van der Waals surface area (Å²) < 4.78 is 5.21. The van der Waals surface area contributed by atoms with Crippen molar-refractivity contribution in [1.82, 2.24) is 4.90 Å². The van der Waals surface area contributed by atoms with E-state index in [2.05, 4.69) is 0 Å². The quantitative estimate of drug-likeness (QED) is 0.657. The van der Waals surface area contributed by atoms with Crippen LogP contribution in [0, 0.1) is 12.8 Å². The van der Waals surface area contributed by atoms with Gasteiger partial charge in [-0.15, -0.1) is 0 Å². The van der Waals surface area contributed by atoms with Gasteiger partial charge in [-0.1, -0.05) is 6.07 Å². The number of aliphatic carboxylic acids is 1. The molecule has 1 saturated heterocycles. The monoisotopic (exact) mass is 332 g/mol. The molecule has 1 atom stereocenters. The second kappa shape index (κ2) is 6.51. The maximum absolute atomic E-state index is 12.6. The van der Waals surface area contributed by atoms with Crippen LogP contribution in [0.5, 0.6) is 5.75 Å². The number of nitrogens with zero attached hydrogens (tertiary/aromatic N) is 2. The van der Waals surface area contributed by atoms with Crippen LogP contribution >= 0.6 is 0 Å². The van der Waals surface area contributed by atoms with E-state index in [0.29, 0.717) is 25.1 Å². The van der Waals surface area contributed by atoms with Crippen molar-refractivity contribution in [3.05, 3.63) is 23.8 Å². The van der Waals surface area contributed by atoms with Crippen LogP contribution in [0.15, 0.2) is 18.2 Å². The molecule has 0 saturated carbocycles. The van der Waals surface area contributed by atoms with Gasteiger partial charge in [0.25, 0.3) is 0 Å². The highest BCUT2D eigenvalue weighted by Crippen LogP contribution is 2.32. The second-order valence-electron chi connectivity index (χ2n) is 6.32. The number of rotatable bonds is 3. The molecule has 3 rings (SSSR count). The molecule has 128 valence electrons. The molecule has 7 nitrogen and oxygen atoms in total. The summed E-state index contributed by atoms with van der Waals surface area (Å²) in [6.07, 6.45) is 1.28. The molecule has 2 aliphatic rings. The molecule has 0 bridgehead atoms. The Morgan fingerprint density at radius 2 is 2.17 bits per heavy atom. The zero-order valence-electron chi connectivity index (χ0n) is 13.5. The summed E-state index contributed by atoms with van der Waals surface area (Å²) in [5, 5.41) is 9.15. The molecule has 1 N–H and O–H groups in total. The first-order chi connectivity index (χ1) is 11.4. The Balaban J connectivity index is 1.74. The van der Waals surface area contributed by atoms with E-state index >= 15 is 0 Å². The largest absolute Gasteiger partial charge is 0.481 e. The molecule has 7 heteroatoms. The fourth-order valence-corrected chi connectivity index (χ4v) is 3.17. The molecule has 0 spiro atoms. The Kier molecular flexibility index (Phi) is 4.42. The summed E-state index contributed by atoms with van der Waals surface area (Å²) in [7, 11) is 0. The minimum atomic E-state index is -0.866. The molecule has 0 radical (unpaired) electrons. The van der Waals surface area contributed by atoms with Crippen molar-refractivity contribution in [3.8, 4) is 5.75 Å². The summed E-state index contributed by atoms with van der Waals surface area (Å²) in [6.45, 7) is 2.77. The van der Waals surface area contributed by atoms with Gasteiger partial charge >= 0.3 is 11.9 Å². The van der Waals surface area contributed by atoms with Crippen molar-refractivity contribution in [2.45, 2.75) is 19.8 Å². The van der Waals surface area contributed by atoms with E-state index in [1.807, 2.05) is 19.1 Å². The topological polar surface area (TPSA) is 87.2 Å². The van der Waals surface area contributed by atoms with Crippen molar-refractivity contribution >= 4 is 23.5 Å². The predicted octanol–water partition coefficient (Wildman–Crippen LogP) is 1.04. The Morgan fingerprint density at radius 1 is 1.38 bits per heavy atom. The number of aryl methyl sites for hydroxylation is 1. The van der Waals surface area contributed by atoms with E-state index in [-0.39, 0.29) is 25.5 Å². The fraction of sp³-hybridized carbons (Fsp3) is 0.471. The lowest BCUT2D eigenvalue weighted by atomic mass is 9.98. The van der Waals surface area contributed by atoms with Crippen LogP contribution in [0.25, 0.3) is 0 Å². The maximum Gasteiger partial charge on any atom is 0.331 e. The number of esters is 1. The minimum absolute atomic E-state index is 0.0123. The number of carbonyl (C=O) groups excluding carboxylic acids is 2. The molecule has 0 aliphatic carbocycles. The Labute approximate surface area is 139 Å². The number of carboxylic acid groups (broad SMARTS) is 1. The molecule has 1 amide bonds. The molecule has 24 heavy (non-hydrogen) atoms. The lowest BCUT2D eigenvalue weighted by Crippen LogP contribution is -2.48. The highest BCUT2D eigenvalue weighted by molar-refractivity contribution is 5.89. The zero-order chi connectivity index (χ0) is 17.3. The highest BCUT2D eigenvalue weighted by Gasteiger charge is 2.31. The molecule has 2 aliphatic heterocycles. The molecular weight excluding hydrogens is 312 g/mol. The van der Waals surface area contributed by atoms with Crippen LogP contribution < -0.4 is 9.64 Å². The number of likely N-dealkylation sites (tertiary alicyclic amines) is 1. The zero-order valence-corrected chi connectivity index (χ0v) is 13.5. The number of carboxylic acids is 1. The summed E-state index contributed by atoms with van der Waals surface area (Å²) in [5.41, 5.74) is 1.72. The number of ether oxygens (including phenoxy) is 1. The number of amides is 1. The Bertz CT molecular complexity index is 688. The van der Waals surface area contributed by atoms with Crippen LogP contribution in [0.3, 0.4) is 0 Å². The van der Waals surface area contributed by atoms with E-state index in [1.54, 1.807) is 15.9 Å². The van der Waals surface area contributed by atoms with E-state index in [4.69, 9.17) is 9.84 Å². The van der Waals surface area contributed by atoms with Crippen LogP contribution in [0.2, 0.25) is 0 Å². The highest BCUT2D eigenvalue weighted by atomic mass is 16.5. The summed E-state index contributed by atoms with van der Waals surface area (Å²) in [4.78, 5) is 38.8. The lowest BCUT2D eigenvalue weighted by Gasteiger charge is -2.34. The molecule has 1 fully saturated rings. The first-order valence-electron chi connectivity index (χ1n) is 8.01. The van der Waals surface area contributed by atoms with Crippen LogP contribution in [-0.2, 0) is 14.4 Å². The number of hydrogen-bond donors (Lipinski definition) is 1. The Morgan fingerprint density at radius 3 is 2.92 bits per heavy atom. The number of fused-ring (bicyclic) bond motifs is 1. The van der Waals surface area contributed by atoms with Gasteiger partial charge in [0, 0.05) is 13.1 Å². The smallest absolute Gasteiger partial charge is 0.331 e. The van der Waals surface area contributed by atoms with E-state index in [0.717, 1.165) is 11.3 Å². The maximum atomic E-state index is 12.6. The van der Waals surface area contributed by atoms with Crippen molar-refractivity contribution in [3.63, 3.8) is 0 Å². The van der Waals surface area contributed by atoms with Crippen LogP contribution in [-0.4, -0.2) is 54.0 Å². The van der Waals surface area contributed by atoms with E-state index in [1.165, 1.54) is 0 Å². The number of hydrogen-bond acceptors (Lipinski definition) is 5. The number of benzene rings is 1. The van der Waals surface area contributed by atoms with Gasteiger partial charge in [-0.05, 0) is 37.5 Å². The predicted molar refractivity (Wildman–Crippen MR) is 86.0 cm³/mol. The van der Waals surface area contributed by atoms with Gasteiger partial charge < -0.3 is 19.6 Å². The van der Waals surface area contributed by atoms with Gasteiger partial charge in [-0.2, -0.15) is 0 Å². The first kappa shape index (κ1) is 16.3. The lowest BCUT2D eigenvalue weighted by molar-refractivity contribution is -0.145. The third kappa shape index (κ3) is 3.34. The standard InChI is InChI=1S/C17H20N2O5/c1-11-4-5-14-13(7-11)19(10-16(21)24-14)9-15(20)18-6-2-3-12(8-18)17(22)23/h4-5,7,12H,2-3,6,8-10H2,1H3,(H,22,23). The molecular formula is C17H20N2O5. The molecule has 1 aromatic rings. The van der Waals surface area contributed by atoms with Gasteiger partial charge in [0.05, 0.1) is 18.2 Å². The summed E-state index contributed by atoms with van der Waals surface area (Å²) in [6, 6.07) is 5.45. The van der Waals surface area contributed by atoms with Gasteiger partial charge in [-0.25, -0.2) is 4.79 Å². The van der Waals surface area contributed by atoms with Crippen molar-refractivity contribution < 1.29 is 24.2 Å². The van der Waals surface area contributed by atoms with Crippen LogP contribution in [0.4, 0.5) is 5.69 Å². The molecule has 0 aromatic heterocycles. The van der Waals surface area contributed by atoms with Crippen molar-refractivity contribution in [2.75, 3.05) is 31.1 Å². The number of piperidine rings is 1. The SMILES string of the molecule is Cc1ccc2c(c1)N(CC(=O)N1CCCC(C(=O)O)C1)CC(=O)O2. The van der Waals surface area contributed by atoms with Gasteiger partial charge in [0.15, 0.2) is 5.75 Å². The first-order valence-corrected chi connectivity index (χ1v) is 8.01. The normalized spacial score (nSPS) is 20.4. The molecule has 1 aromatic carbocycles. The number of carbonyl (C=O) groups is 3. The van der Waals surface area contributed by atoms with E-state index in [9.17, 15) is 14.4 Å². The third-order valence-electron chi connectivity index (χ3n) is 4.45. The average molecular weight is 332 g/mol. The average Bonchev–Trinajstić information content (AvgIpc) is 2.55.